The van der Waals surface area contributed by atoms with Crippen LogP contribution in [0.1, 0.15) is 16.8 Å². The quantitative estimate of drug-likeness (QED) is 0.477. The summed E-state index contributed by atoms with van der Waals surface area (Å²) in [4.78, 5) is 23.4. The molecule has 1 aromatic rings. The average Bonchev–Trinajstić information content (AvgIpc) is 2.66. The van der Waals surface area contributed by atoms with Crippen LogP contribution in [0.15, 0.2) is 18.2 Å². The van der Waals surface area contributed by atoms with Crippen LogP contribution < -0.4 is 4.90 Å². The van der Waals surface area contributed by atoms with Crippen molar-refractivity contribution in [1.82, 2.24) is 0 Å². The van der Waals surface area contributed by atoms with Gasteiger partial charge in [0.15, 0.2) is 0 Å². The molecule has 0 aliphatic carbocycles. The van der Waals surface area contributed by atoms with Crippen molar-refractivity contribution >= 4 is 29.4 Å². The van der Waals surface area contributed by atoms with E-state index in [1.807, 2.05) is 16.7 Å². The number of nitrogens with zero attached hydrogens (tertiary/aromatic N) is 2. The first-order chi connectivity index (χ1) is 8.72. The number of carbonyl (C=O) groups is 1. The molecule has 1 heterocycles. The van der Waals surface area contributed by atoms with Crippen LogP contribution >= 0.6 is 11.8 Å². The van der Waals surface area contributed by atoms with Gasteiger partial charge in [-0.05, 0) is 24.3 Å². The van der Waals surface area contributed by atoms with Crippen LogP contribution in [0.3, 0.4) is 0 Å². The number of carbonyl (C=O) groups excluding carboxylic acids is 1. The van der Waals surface area contributed by atoms with Gasteiger partial charge in [-0.1, -0.05) is 0 Å². The second kappa shape index (κ2) is 5.86. The molecule has 0 spiro atoms. The largest absolute Gasteiger partial charge is 0.365 e. The average molecular weight is 266 g/mol. The van der Waals surface area contributed by atoms with Crippen molar-refractivity contribution in [3.63, 3.8) is 0 Å². The summed E-state index contributed by atoms with van der Waals surface area (Å²) in [5, 5.41) is 11.1. The Kier molecular flexibility index (Phi) is 4.19. The van der Waals surface area contributed by atoms with Crippen LogP contribution in [-0.2, 0) is 0 Å². The second-order valence-electron chi connectivity index (χ2n) is 4.08. The van der Waals surface area contributed by atoms with E-state index < -0.39 is 4.92 Å². The molecule has 1 saturated heterocycles. The molecule has 1 aliphatic rings. The van der Waals surface area contributed by atoms with Crippen molar-refractivity contribution in [2.24, 2.45) is 0 Å². The molecule has 0 atom stereocenters. The predicted molar refractivity (Wildman–Crippen MR) is 72.6 cm³/mol. The number of aldehydes is 1. The number of thioether (sulfide) groups is 1. The van der Waals surface area contributed by atoms with Crippen LogP contribution in [0, 0.1) is 10.1 Å². The van der Waals surface area contributed by atoms with Gasteiger partial charge >= 0.3 is 0 Å². The van der Waals surface area contributed by atoms with E-state index in [0.717, 1.165) is 31.0 Å². The lowest BCUT2D eigenvalue weighted by atomic mass is 10.1. The summed E-state index contributed by atoms with van der Waals surface area (Å²) in [6.45, 7) is 1.64. The summed E-state index contributed by atoms with van der Waals surface area (Å²) in [5.41, 5.74) is 0.981. The molecule has 96 valence electrons. The Morgan fingerprint density at radius 3 is 2.89 bits per heavy atom. The molecule has 0 aromatic heterocycles. The fraction of sp³-hybridized carbons (Fsp3) is 0.417. The summed E-state index contributed by atoms with van der Waals surface area (Å²) < 4.78 is 0. The van der Waals surface area contributed by atoms with Crippen LogP contribution in [0.25, 0.3) is 0 Å². The minimum atomic E-state index is -0.416. The monoisotopic (exact) mass is 266 g/mol. The van der Waals surface area contributed by atoms with Gasteiger partial charge in [-0.2, -0.15) is 11.8 Å². The lowest BCUT2D eigenvalue weighted by Crippen LogP contribution is -2.26. The van der Waals surface area contributed by atoms with Gasteiger partial charge in [-0.25, -0.2) is 0 Å². The molecular formula is C12H14N2O3S. The maximum absolute atomic E-state index is 11.1. The molecule has 5 nitrogen and oxygen atoms in total. The molecular weight excluding hydrogens is 252 g/mol. The van der Waals surface area contributed by atoms with E-state index in [0.29, 0.717) is 17.5 Å². The van der Waals surface area contributed by atoms with Crippen molar-refractivity contribution in [3.8, 4) is 0 Å². The minimum Gasteiger partial charge on any atom is -0.365 e. The fourth-order valence-corrected chi connectivity index (χ4v) is 2.90. The van der Waals surface area contributed by atoms with Gasteiger partial charge < -0.3 is 4.90 Å². The van der Waals surface area contributed by atoms with Gasteiger partial charge in [-0.3, -0.25) is 14.9 Å². The van der Waals surface area contributed by atoms with E-state index in [2.05, 4.69) is 0 Å². The van der Waals surface area contributed by atoms with Crippen LogP contribution in [0.5, 0.6) is 0 Å². The highest BCUT2D eigenvalue weighted by atomic mass is 32.2. The van der Waals surface area contributed by atoms with Gasteiger partial charge in [0.2, 0.25) is 0 Å². The highest BCUT2D eigenvalue weighted by Gasteiger charge is 2.20. The van der Waals surface area contributed by atoms with Gasteiger partial charge in [0, 0.05) is 30.5 Å². The first kappa shape index (κ1) is 12.9. The fourth-order valence-electron chi connectivity index (χ4n) is 2.01. The Hall–Kier alpha value is -1.56. The van der Waals surface area contributed by atoms with E-state index in [1.54, 1.807) is 12.1 Å². The molecule has 0 N–H and O–H groups in total. The third-order valence-electron chi connectivity index (χ3n) is 2.90. The van der Waals surface area contributed by atoms with Crippen molar-refractivity contribution in [1.29, 1.82) is 0 Å². The first-order valence-electron chi connectivity index (χ1n) is 5.78. The number of hydrogen-bond donors (Lipinski definition) is 0. The van der Waals surface area contributed by atoms with E-state index in [4.69, 9.17) is 0 Å². The van der Waals surface area contributed by atoms with E-state index in [1.165, 1.54) is 6.07 Å². The second-order valence-corrected chi connectivity index (χ2v) is 5.30. The number of nitro benzene ring substituents is 1. The Balaban J connectivity index is 2.35. The summed E-state index contributed by atoms with van der Waals surface area (Å²) in [7, 11) is 0. The third kappa shape index (κ3) is 2.81. The molecule has 0 radical (unpaired) electrons. The standard InChI is InChI=1S/C12H14N2O3S/c15-9-10-2-3-11(12(8-10)14(16)17)13-4-1-6-18-7-5-13/h2-3,8-9H,1,4-7H2. The van der Waals surface area contributed by atoms with E-state index in [9.17, 15) is 14.9 Å². The van der Waals surface area contributed by atoms with E-state index in [-0.39, 0.29) is 5.69 Å². The lowest BCUT2D eigenvalue weighted by molar-refractivity contribution is -0.384. The molecule has 6 heteroatoms. The van der Waals surface area contributed by atoms with Gasteiger partial charge in [0.05, 0.1) is 4.92 Å². The summed E-state index contributed by atoms with van der Waals surface area (Å²) in [6, 6.07) is 4.66. The van der Waals surface area contributed by atoms with Crippen LogP contribution in [0.2, 0.25) is 0 Å². The zero-order valence-electron chi connectivity index (χ0n) is 9.87. The molecule has 1 fully saturated rings. The first-order valence-corrected chi connectivity index (χ1v) is 6.94. The van der Waals surface area contributed by atoms with Crippen molar-refractivity contribution in [3.05, 3.63) is 33.9 Å². The molecule has 1 aromatic carbocycles. The molecule has 0 bridgehead atoms. The Labute approximate surface area is 109 Å². The maximum atomic E-state index is 11.1. The smallest absolute Gasteiger partial charge is 0.293 e. The molecule has 0 unspecified atom stereocenters. The Bertz CT molecular complexity index is 457. The Morgan fingerprint density at radius 1 is 1.33 bits per heavy atom. The van der Waals surface area contributed by atoms with Gasteiger partial charge in [-0.15, -0.1) is 0 Å². The molecule has 18 heavy (non-hydrogen) atoms. The molecule has 1 aliphatic heterocycles. The molecule has 2 rings (SSSR count). The molecule has 0 saturated carbocycles. The van der Waals surface area contributed by atoms with Crippen molar-refractivity contribution in [2.75, 3.05) is 29.5 Å². The van der Waals surface area contributed by atoms with Gasteiger partial charge in [0.25, 0.3) is 5.69 Å². The highest BCUT2D eigenvalue weighted by molar-refractivity contribution is 7.99. The number of hydrogen-bond acceptors (Lipinski definition) is 5. The highest BCUT2D eigenvalue weighted by Crippen LogP contribution is 2.30. The topological polar surface area (TPSA) is 63.5 Å². The summed E-state index contributed by atoms with van der Waals surface area (Å²) in [5.74, 6) is 2.07. The van der Waals surface area contributed by atoms with Crippen molar-refractivity contribution < 1.29 is 9.72 Å². The summed E-state index contributed by atoms with van der Waals surface area (Å²) >= 11 is 1.87. The number of nitro groups is 1. The normalized spacial score (nSPS) is 16.1. The van der Waals surface area contributed by atoms with Crippen LogP contribution in [-0.4, -0.2) is 35.8 Å². The van der Waals surface area contributed by atoms with Crippen LogP contribution in [0.4, 0.5) is 11.4 Å². The predicted octanol–water partition coefficient (Wildman–Crippen LogP) is 2.35. The van der Waals surface area contributed by atoms with E-state index >= 15 is 0 Å². The number of rotatable bonds is 3. The van der Waals surface area contributed by atoms with Crippen molar-refractivity contribution in [2.45, 2.75) is 6.42 Å². The molecule has 0 amide bonds. The maximum Gasteiger partial charge on any atom is 0.293 e. The lowest BCUT2D eigenvalue weighted by Gasteiger charge is -2.22. The summed E-state index contributed by atoms with van der Waals surface area (Å²) in [6.07, 6.45) is 1.66. The minimum absolute atomic E-state index is 0.0199. The Morgan fingerprint density at radius 2 is 2.17 bits per heavy atom. The zero-order valence-corrected chi connectivity index (χ0v) is 10.7. The SMILES string of the molecule is O=Cc1ccc(N2CCCSCC2)c([N+](=O)[O-])c1. The van der Waals surface area contributed by atoms with Gasteiger partial charge in [0.1, 0.15) is 12.0 Å². The third-order valence-corrected chi connectivity index (χ3v) is 3.94. The zero-order chi connectivity index (χ0) is 13.0. The number of benzene rings is 1. The number of anilines is 1.